The highest BCUT2D eigenvalue weighted by Gasteiger charge is 2.39. The van der Waals surface area contributed by atoms with Gasteiger partial charge in [-0.2, -0.15) is 0 Å². The molecule has 1 fully saturated rings. The molecule has 0 spiro atoms. The predicted molar refractivity (Wildman–Crippen MR) is 120 cm³/mol. The number of aliphatic hydroxyl groups is 1. The molecule has 0 amide bonds. The molecule has 4 rings (SSSR count). The summed E-state index contributed by atoms with van der Waals surface area (Å²) in [5, 5.41) is 12.4. The topological polar surface area (TPSA) is 36.4 Å². The van der Waals surface area contributed by atoms with Crippen molar-refractivity contribution in [2.75, 3.05) is 13.1 Å². The molecule has 3 nitrogen and oxygen atoms in total. The average molecular weight is 481 g/mol. The molecular formula is C24H21Cl2F3N2O. The predicted octanol–water partition coefficient (Wildman–Crippen LogP) is 6.70. The number of nitrogens with zero attached hydrogens (tertiary/aromatic N) is 2. The van der Waals surface area contributed by atoms with Gasteiger partial charge < -0.3 is 5.11 Å². The number of halogens is 5. The van der Waals surface area contributed by atoms with Gasteiger partial charge in [-0.1, -0.05) is 41.4 Å². The van der Waals surface area contributed by atoms with Crippen LogP contribution in [0.2, 0.25) is 10.0 Å². The third-order valence-corrected chi connectivity index (χ3v) is 6.16. The van der Waals surface area contributed by atoms with Gasteiger partial charge in [0.05, 0.1) is 11.7 Å². The van der Waals surface area contributed by atoms with Crippen LogP contribution in [0.15, 0.2) is 60.8 Å². The Kier molecular flexibility index (Phi) is 6.77. The molecule has 1 aliphatic rings. The van der Waals surface area contributed by atoms with E-state index in [0.717, 1.165) is 0 Å². The number of likely N-dealkylation sites (tertiary alicyclic amines) is 1. The summed E-state index contributed by atoms with van der Waals surface area (Å²) in [6.45, 7) is 0.204. The number of pyridine rings is 1. The number of aromatic nitrogens is 1. The monoisotopic (exact) mass is 480 g/mol. The van der Waals surface area contributed by atoms with E-state index >= 15 is 0 Å². The van der Waals surface area contributed by atoms with Crippen LogP contribution in [-0.2, 0) is 0 Å². The highest BCUT2D eigenvalue weighted by Crippen LogP contribution is 2.41. The zero-order chi connectivity index (χ0) is 22.9. The van der Waals surface area contributed by atoms with Gasteiger partial charge in [-0.15, -0.1) is 0 Å². The van der Waals surface area contributed by atoms with Crippen LogP contribution in [0.25, 0.3) is 11.3 Å². The van der Waals surface area contributed by atoms with Gasteiger partial charge in [0.1, 0.15) is 11.9 Å². The second-order valence-electron chi connectivity index (χ2n) is 7.93. The SMILES string of the molecule is O[C@H](c1cccnc1-c1cc(Cl)cc(Cl)c1)[C@H](c1ccc(F)cc1)N1CCC(F)(F)CC1. The molecular weight excluding hydrogens is 460 g/mol. The zero-order valence-electron chi connectivity index (χ0n) is 17.0. The smallest absolute Gasteiger partial charge is 0.250 e. The van der Waals surface area contributed by atoms with E-state index in [9.17, 15) is 18.3 Å². The molecule has 2 atom stereocenters. The summed E-state index contributed by atoms with van der Waals surface area (Å²) in [6.07, 6.45) is -0.134. The van der Waals surface area contributed by atoms with Crippen molar-refractivity contribution in [3.63, 3.8) is 0 Å². The lowest BCUT2D eigenvalue weighted by atomic mass is 9.90. The lowest BCUT2D eigenvalue weighted by Crippen LogP contribution is -2.43. The van der Waals surface area contributed by atoms with Crippen molar-refractivity contribution in [2.24, 2.45) is 0 Å². The Morgan fingerprint density at radius 1 is 0.969 bits per heavy atom. The number of rotatable bonds is 5. The number of benzene rings is 2. The highest BCUT2D eigenvalue weighted by atomic mass is 35.5. The van der Waals surface area contributed by atoms with E-state index in [-0.39, 0.29) is 25.9 Å². The largest absolute Gasteiger partial charge is 0.386 e. The van der Waals surface area contributed by atoms with E-state index in [2.05, 4.69) is 4.98 Å². The second-order valence-corrected chi connectivity index (χ2v) is 8.81. The molecule has 0 bridgehead atoms. The lowest BCUT2D eigenvalue weighted by molar-refractivity contribution is -0.0766. The minimum Gasteiger partial charge on any atom is -0.386 e. The van der Waals surface area contributed by atoms with Crippen molar-refractivity contribution < 1.29 is 18.3 Å². The molecule has 1 saturated heterocycles. The van der Waals surface area contributed by atoms with Crippen LogP contribution in [-0.4, -0.2) is 34.0 Å². The van der Waals surface area contributed by atoms with E-state index in [1.54, 1.807) is 48.7 Å². The third-order valence-electron chi connectivity index (χ3n) is 5.73. The fourth-order valence-electron chi connectivity index (χ4n) is 4.14. The standard InChI is InChI=1S/C24H21Cl2F3N2O/c25-17-12-16(13-18(26)14-17)21-20(2-1-9-30-21)23(32)22(15-3-5-19(27)6-4-15)31-10-7-24(28,29)8-11-31/h1-6,9,12-14,22-23,32H,7-8,10-11H2/t22-,23+/m0/s1. The van der Waals surface area contributed by atoms with Crippen molar-refractivity contribution in [1.82, 2.24) is 9.88 Å². The molecule has 0 unspecified atom stereocenters. The maximum atomic E-state index is 13.8. The number of hydrogen-bond donors (Lipinski definition) is 1. The molecule has 0 aliphatic carbocycles. The summed E-state index contributed by atoms with van der Waals surface area (Å²) in [5.41, 5.74) is 2.24. The summed E-state index contributed by atoms with van der Waals surface area (Å²) in [6, 6.07) is 13.5. The lowest BCUT2D eigenvalue weighted by Gasteiger charge is -2.40. The minimum absolute atomic E-state index is 0.102. The Labute approximate surface area is 194 Å². The summed E-state index contributed by atoms with van der Waals surface area (Å²) in [5.74, 6) is -3.14. The van der Waals surface area contributed by atoms with E-state index in [0.29, 0.717) is 32.4 Å². The Hall–Kier alpha value is -2.12. The van der Waals surface area contributed by atoms with Crippen LogP contribution in [0, 0.1) is 5.82 Å². The molecule has 2 aromatic carbocycles. The number of alkyl halides is 2. The molecule has 2 heterocycles. The normalized spacial score (nSPS) is 18.3. The number of piperidine rings is 1. The summed E-state index contributed by atoms with van der Waals surface area (Å²) < 4.78 is 41.2. The summed E-state index contributed by atoms with van der Waals surface area (Å²) in [7, 11) is 0. The van der Waals surface area contributed by atoms with Gasteiger partial charge in [0.15, 0.2) is 0 Å². The van der Waals surface area contributed by atoms with Crippen LogP contribution in [0.5, 0.6) is 0 Å². The first-order chi connectivity index (χ1) is 15.2. The highest BCUT2D eigenvalue weighted by molar-refractivity contribution is 6.35. The third kappa shape index (κ3) is 5.09. The molecule has 0 radical (unpaired) electrons. The van der Waals surface area contributed by atoms with Gasteiger partial charge in [-0.3, -0.25) is 9.88 Å². The first kappa shape index (κ1) is 23.1. The van der Waals surface area contributed by atoms with Gasteiger partial charge in [0.2, 0.25) is 0 Å². The fraction of sp³-hybridized carbons (Fsp3) is 0.292. The Morgan fingerprint density at radius 2 is 1.59 bits per heavy atom. The van der Waals surface area contributed by atoms with Crippen molar-refractivity contribution in [3.05, 3.63) is 87.8 Å². The maximum Gasteiger partial charge on any atom is 0.250 e. The zero-order valence-corrected chi connectivity index (χ0v) is 18.5. The van der Waals surface area contributed by atoms with Crippen molar-refractivity contribution in [3.8, 4) is 11.3 Å². The Balaban J connectivity index is 1.76. The van der Waals surface area contributed by atoms with Crippen molar-refractivity contribution >= 4 is 23.2 Å². The van der Waals surface area contributed by atoms with Crippen LogP contribution >= 0.6 is 23.2 Å². The van der Waals surface area contributed by atoms with Crippen LogP contribution in [0.3, 0.4) is 0 Å². The Bertz CT molecular complexity index is 1060. The van der Waals surface area contributed by atoms with Crippen molar-refractivity contribution in [1.29, 1.82) is 0 Å². The van der Waals surface area contributed by atoms with E-state index < -0.39 is 23.9 Å². The summed E-state index contributed by atoms with van der Waals surface area (Å²) >= 11 is 12.3. The molecule has 1 aliphatic heterocycles. The Morgan fingerprint density at radius 3 is 2.22 bits per heavy atom. The van der Waals surface area contributed by atoms with Crippen LogP contribution in [0.1, 0.15) is 36.1 Å². The van der Waals surface area contributed by atoms with E-state index in [1.807, 2.05) is 4.90 Å². The average Bonchev–Trinajstić information content (AvgIpc) is 2.75. The molecule has 1 N–H and O–H groups in total. The first-order valence-electron chi connectivity index (χ1n) is 10.2. The van der Waals surface area contributed by atoms with Gasteiger partial charge in [-0.05, 0) is 42.0 Å². The van der Waals surface area contributed by atoms with E-state index in [4.69, 9.17) is 23.2 Å². The molecule has 0 saturated carbocycles. The van der Waals surface area contributed by atoms with Gasteiger partial charge in [0, 0.05) is 53.3 Å². The van der Waals surface area contributed by atoms with Crippen LogP contribution < -0.4 is 0 Å². The second kappa shape index (κ2) is 9.40. The van der Waals surface area contributed by atoms with E-state index in [1.165, 1.54) is 12.1 Å². The first-order valence-corrected chi connectivity index (χ1v) is 11.0. The van der Waals surface area contributed by atoms with Gasteiger partial charge in [-0.25, -0.2) is 13.2 Å². The molecule has 3 aromatic rings. The summed E-state index contributed by atoms with van der Waals surface area (Å²) in [4.78, 5) is 6.25. The number of hydrogen-bond acceptors (Lipinski definition) is 3. The quantitative estimate of drug-likeness (QED) is 0.441. The molecule has 168 valence electrons. The van der Waals surface area contributed by atoms with Gasteiger partial charge in [0.25, 0.3) is 5.92 Å². The van der Waals surface area contributed by atoms with Crippen LogP contribution in [0.4, 0.5) is 13.2 Å². The van der Waals surface area contributed by atoms with Crippen molar-refractivity contribution in [2.45, 2.75) is 30.9 Å². The molecule has 1 aromatic heterocycles. The molecule has 8 heteroatoms. The minimum atomic E-state index is -2.73. The van der Waals surface area contributed by atoms with Gasteiger partial charge >= 0.3 is 0 Å². The molecule has 32 heavy (non-hydrogen) atoms. The number of aliphatic hydroxyl groups excluding tert-OH is 1. The maximum absolute atomic E-state index is 13.8. The fourth-order valence-corrected chi connectivity index (χ4v) is 4.67.